The number of piperazine rings is 1. The topological polar surface area (TPSA) is 38.8 Å². The molecule has 2 saturated heterocycles. The van der Waals surface area contributed by atoms with Crippen LogP contribution in [0.3, 0.4) is 0 Å². The predicted molar refractivity (Wildman–Crippen MR) is 129 cm³/mol. The summed E-state index contributed by atoms with van der Waals surface area (Å²) in [5, 5.41) is 4.30. The zero-order valence-corrected chi connectivity index (χ0v) is 19.2. The van der Waals surface area contributed by atoms with Crippen LogP contribution in [0.15, 0.2) is 48.5 Å². The number of carbonyl (C=O) groups is 1. The summed E-state index contributed by atoms with van der Waals surface area (Å²) in [7, 11) is 0. The van der Waals surface area contributed by atoms with Crippen LogP contribution in [0.2, 0.25) is 5.02 Å². The van der Waals surface area contributed by atoms with Gasteiger partial charge in [-0.1, -0.05) is 35.4 Å². The normalized spacial score (nSPS) is 18.3. The van der Waals surface area contributed by atoms with Gasteiger partial charge >= 0.3 is 0 Å². The summed E-state index contributed by atoms with van der Waals surface area (Å²) in [6.07, 6.45) is 2.58. The number of benzene rings is 2. The third-order valence-electron chi connectivity index (χ3n) is 6.46. The van der Waals surface area contributed by atoms with Crippen LogP contribution < -0.4 is 10.2 Å². The van der Waals surface area contributed by atoms with Crippen LogP contribution >= 0.6 is 11.6 Å². The highest BCUT2D eigenvalue weighted by molar-refractivity contribution is 6.30. The van der Waals surface area contributed by atoms with Crippen molar-refractivity contribution in [3.8, 4) is 0 Å². The molecule has 0 aromatic heterocycles. The minimum Gasteiger partial charge on any atom is -0.382 e. The molecule has 1 amide bonds. The van der Waals surface area contributed by atoms with E-state index in [1.807, 2.05) is 29.2 Å². The molecule has 4 rings (SSSR count). The molecule has 0 aliphatic carbocycles. The Kier molecular flexibility index (Phi) is 7.36. The molecule has 0 saturated carbocycles. The first-order chi connectivity index (χ1) is 15.1. The number of piperidine rings is 1. The van der Waals surface area contributed by atoms with Gasteiger partial charge in [-0.3, -0.25) is 9.69 Å². The summed E-state index contributed by atoms with van der Waals surface area (Å²) in [6, 6.07) is 17.0. The molecule has 31 heavy (non-hydrogen) atoms. The van der Waals surface area contributed by atoms with Crippen molar-refractivity contribution in [3.05, 3.63) is 59.1 Å². The molecule has 166 valence electrons. The summed E-state index contributed by atoms with van der Waals surface area (Å²) in [4.78, 5) is 19.6. The van der Waals surface area contributed by atoms with Crippen LogP contribution in [0.5, 0.6) is 0 Å². The SMILES string of the molecule is Cc1ccc(N2CCN(CCC(=O)N3CCC(Nc4cccc(Cl)c4)CC3)CC2)cc1. The zero-order chi connectivity index (χ0) is 21.6. The second-order valence-corrected chi connectivity index (χ2v) is 9.16. The highest BCUT2D eigenvalue weighted by atomic mass is 35.5. The fourth-order valence-corrected chi connectivity index (χ4v) is 4.67. The van der Waals surface area contributed by atoms with E-state index >= 15 is 0 Å². The zero-order valence-electron chi connectivity index (χ0n) is 18.4. The number of nitrogens with one attached hydrogen (secondary N) is 1. The summed E-state index contributed by atoms with van der Waals surface area (Å²) in [6.45, 7) is 8.74. The maximum atomic E-state index is 12.7. The van der Waals surface area contributed by atoms with E-state index in [4.69, 9.17) is 11.6 Å². The second kappa shape index (κ2) is 10.4. The van der Waals surface area contributed by atoms with Crippen molar-refractivity contribution >= 4 is 28.9 Å². The van der Waals surface area contributed by atoms with E-state index in [2.05, 4.69) is 46.3 Å². The van der Waals surface area contributed by atoms with E-state index in [1.165, 1.54) is 11.3 Å². The number of aryl methyl sites for hydroxylation is 1. The Labute approximate surface area is 191 Å². The Morgan fingerprint density at radius 1 is 1.00 bits per heavy atom. The third kappa shape index (κ3) is 6.14. The Bertz CT molecular complexity index is 856. The number of halogens is 1. The number of anilines is 2. The van der Waals surface area contributed by atoms with E-state index < -0.39 is 0 Å². The van der Waals surface area contributed by atoms with Gasteiger partial charge in [-0.05, 0) is 50.1 Å². The lowest BCUT2D eigenvalue weighted by atomic mass is 10.0. The Morgan fingerprint density at radius 2 is 1.71 bits per heavy atom. The fourth-order valence-electron chi connectivity index (χ4n) is 4.48. The number of hydrogen-bond acceptors (Lipinski definition) is 4. The number of nitrogens with zero attached hydrogens (tertiary/aromatic N) is 3. The molecular weight excluding hydrogens is 408 g/mol. The Morgan fingerprint density at radius 3 is 2.39 bits per heavy atom. The van der Waals surface area contributed by atoms with Gasteiger partial charge in [0.25, 0.3) is 0 Å². The van der Waals surface area contributed by atoms with Crippen LogP contribution in [0.1, 0.15) is 24.8 Å². The average molecular weight is 441 g/mol. The van der Waals surface area contributed by atoms with Gasteiger partial charge in [0.05, 0.1) is 0 Å². The van der Waals surface area contributed by atoms with Gasteiger partial charge in [-0.25, -0.2) is 0 Å². The summed E-state index contributed by atoms with van der Waals surface area (Å²) in [5.74, 6) is 0.294. The Balaban J connectivity index is 1.15. The van der Waals surface area contributed by atoms with Crippen molar-refractivity contribution in [3.63, 3.8) is 0 Å². The first kappa shape index (κ1) is 22.0. The molecule has 2 aromatic rings. The maximum absolute atomic E-state index is 12.7. The van der Waals surface area contributed by atoms with Gasteiger partial charge in [0.15, 0.2) is 0 Å². The fraction of sp³-hybridized carbons (Fsp3) is 0.480. The molecule has 2 aliphatic heterocycles. The number of hydrogen-bond donors (Lipinski definition) is 1. The number of likely N-dealkylation sites (tertiary alicyclic amines) is 1. The van der Waals surface area contributed by atoms with E-state index in [-0.39, 0.29) is 0 Å². The third-order valence-corrected chi connectivity index (χ3v) is 6.69. The lowest BCUT2D eigenvalue weighted by Crippen LogP contribution is -2.48. The van der Waals surface area contributed by atoms with Crippen molar-refractivity contribution in [2.24, 2.45) is 0 Å². The quantitative estimate of drug-likeness (QED) is 0.728. The van der Waals surface area contributed by atoms with Crippen LogP contribution in [0.25, 0.3) is 0 Å². The summed E-state index contributed by atoms with van der Waals surface area (Å²) in [5.41, 5.74) is 3.66. The average Bonchev–Trinajstić information content (AvgIpc) is 2.79. The van der Waals surface area contributed by atoms with Gasteiger partial charge in [0.1, 0.15) is 0 Å². The van der Waals surface area contributed by atoms with E-state index in [0.717, 1.165) is 69.4 Å². The largest absolute Gasteiger partial charge is 0.382 e. The van der Waals surface area contributed by atoms with Crippen molar-refractivity contribution in [2.45, 2.75) is 32.2 Å². The summed E-state index contributed by atoms with van der Waals surface area (Å²) < 4.78 is 0. The van der Waals surface area contributed by atoms with Crippen LogP contribution in [-0.4, -0.2) is 67.6 Å². The van der Waals surface area contributed by atoms with Crippen molar-refractivity contribution in [1.82, 2.24) is 9.80 Å². The molecule has 2 heterocycles. The first-order valence-corrected chi connectivity index (χ1v) is 11.8. The van der Waals surface area contributed by atoms with Crippen molar-refractivity contribution in [2.75, 3.05) is 56.0 Å². The molecule has 0 radical (unpaired) electrons. The second-order valence-electron chi connectivity index (χ2n) is 8.72. The lowest BCUT2D eigenvalue weighted by Gasteiger charge is -2.37. The lowest BCUT2D eigenvalue weighted by molar-refractivity contribution is -0.132. The highest BCUT2D eigenvalue weighted by Crippen LogP contribution is 2.21. The highest BCUT2D eigenvalue weighted by Gasteiger charge is 2.24. The van der Waals surface area contributed by atoms with E-state index in [1.54, 1.807) is 0 Å². The maximum Gasteiger partial charge on any atom is 0.223 e. The molecule has 2 fully saturated rings. The molecule has 6 heteroatoms. The number of amides is 1. The Hall–Kier alpha value is -2.24. The molecule has 0 spiro atoms. The molecule has 0 unspecified atom stereocenters. The predicted octanol–water partition coefficient (Wildman–Crippen LogP) is 4.26. The van der Waals surface area contributed by atoms with Crippen molar-refractivity contribution in [1.29, 1.82) is 0 Å². The number of carbonyl (C=O) groups excluding carboxylic acids is 1. The molecule has 2 aliphatic rings. The van der Waals surface area contributed by atoms with Gasteiger partial charge in [0, 0.05) is 74.7 Å². The van der Waals surface area contributed by atoms with Crippen LogP contribution in [-0.2, 0) is 4.79 Å². The number of rotatable bonds is 6. The first-order valence-electron chi connectivity index (χ1n) is 11.4. The minimum absolute atomic E-state index is 0.294. The van der Waals surface area contributed by atoms with Crippen molar-refractivity contribution < 1.29 is 4.79 Å². The van der Waals surface area contributed by atoms with Gasteiger partial charge in [0.2, 0.25) is 5.91 Å². The van der Waals surface area contributed by atoms with Gasteiger partial charge in [-0.15, -0.1) is 0 Å². The smallest absolute Gasteiger partial charge is 0.223 e. The molecule has 5 nitrogen and oxygen atoms in total. The molecule has 0 bridgehead atoms. The molecule has 1 N–H and O–H groups in total. The van der Waals surface area contributed by atoms with E-state index in [0.29, 0.717) is 18.4 Å². The molecule has 2 aromatic carbocycles. The summed E-state index contributed by atoms with van der Waals surface area (Å²) >= 11 is 6.07. The van der Waals surface area contributed by atoms with Gasteiger partial charge in [-0.2, -0.15) is 0 Å². The van der Waals surface area contributed by atoms with Gasteiger partial charge < -0.3 is 15.1 Å². The molecular formula is C25H33ClN4O. The van der Waals surface area contributed by atoms with Crippen LogP contribution in [0.4, 0.5) is 11.4 Å². The minimum atomic E-state index is 0.294. The van der Waals surface area contributed by atoms with E-state index in [9.17, 15) is 4.79 Å². The standard InChI is InChI=1S/C25H33ClN4O/c1-20-5-7-24(8-6-20)29-17-15-28(16-18-29)12-11-25(31)30-13-9-22(10-14-30)27-23-4-2-3-21(26)19-23/h2-8,19,22,27H,9-18H2,1H3. The van der Waals surface area contributed by atoms with Crippen LogP contribution in [0, 0.1) is 6.92 Å². The molecule has 0 atom stereocenters. The monoisotopic (exact) mass is 440 g/mol.